The van der Waals surface area contributed by atoms with Crippen LogP contribution in [0.15, 0.2) is 24.3 Å². The highest BCUT2D eigenvalue weighted by Gasteiger charge is 2.30. The van der Waals surface area contributed by atoms with Crippen molar-refractivity contribution in [2.45, 2.75) is 388 Å². The Hall–Kier alpha value is -2.46. The molecule has 0 radical (unpaired) electrons. The molecule has 0 spiro atoms. The lowest BCUT2D eigenvalue weighted by Crippen LogP contribution is -2.30. The molecule has 0 heterocycles. The van der Waals surface area contributed by atoms with Gasteiger partial charge in [0.2, 0.25) is 0 Å². The molecule has 0 amide bonds. The third kappa shape index (κ3) is 68.7. The summed E-state index contributed by atoms with van der Waals surface area (Å²) in [5.41, 5.74) is 0. The molecular formula is C77H146O17P2. The van der Waals surface area contributed by atoms with Crippen LogP contribution in [0.4, 0.5) is 0 Å². The summed E-state index contributed by atoms with van der Waals surface area (Å²) in [5, 5.41) is 10.6. The van der Waals surface area contributed by atoms with Crippen LogP contribution in [-0.4, -0.2) is 96.7 Å². The smallest absolute Gasteiger partial charge is 0.462 e. The van der Waals surface area contributed by atoms with Gasteiger partial charge < -0.3 is 33.8 Å². The van der Waals surface area contributed by atoms with Gasteiger partial charge in [0.15, 0.2) is 12.2 Å². The molecule has 0 rings (SSSR count). The van der Waals surface area contributed by atoms with Crippen LogP contribution in [0.1, 0.15) is 370 Å². The Bertz CT molecular complexity index is 1970. The molecule has 96 heavy (non-hydrogen) atoms. The molecule has 566 valence electrons. The number of carbonyl (C=O) groups excluding carboxylic acids is 4. The van der Waals surface area contributed by atoms with Crippen LogP contribution >= 0.6 is 15.6 Å². The Morgan fingerprint density at radius 1 is 0.344 bits per heavy atom. The zero-order valence-corrected chi connectivity index (χ0v) is 64.1. The Morgan fingerprint density at radius 3 is 0.927 bits per heavy atom. The standard InChI is InChI=1S/C77H146O17P2/c1-8-10-11-12-13-14-15-16-19-23-26-29-38-46-53-60-76(81)93-72(64-87-74(79)58-51-44-37-32-31-36-43-50-57-70(7)9-2)66-91-95(83,84)89-62-71(78)63-90-96(85,86)92-67-73(65-88-75(80)59-52-45-40-33-35-42-49-56-69(5)6)94-77(82)61-54-47-39-30-27-24-21-18-17-20-22-25-28-34-41-48-55-68(3)4/h14-16,19,68-73,78H,8-13,17-18,20-67H2,1-7H3,(H,83,84)(H,85,86)/b15-14-,19-16-/t70?,71?,72-,73-/m1/s1. The van der Waals surface area contributed by atoms with Crippen LogP contribution in [0.3, 0.4) is 0 Å². The second kappa shape index (κ2) is 67.1. The van der Waals surface area contributed by atoms with Gasteiger partial charge in [-0.25, -0.2) is 9.13 Å². The quantitative estimate of drug-likeness (QED) is 0.0169. The predicted molar refractivity (Wildman–Crippen MR) is 390 cm³/mol. The van der Waals surface area contributed by atoms with Gasteiger partial charge in [-0.3, -0.25) is 37.3 Å². The third-order valence-corrected chi connectivity index (χ3v) is 19.5. The van der Waals surface area contributed by atoms with Crippen molar-refractivity contribution in [3.8, 4) is 0 Å². The van der Waals surface area contributed by atoms with Gasteiger partial charge in [0.1, 0.15) is 19.3 Å². The molecule has 4 unspecified atom stereocenters. The van der Waals surface area contributed by atoms with E-state index in [0.717, 1.165) is 121 Å². The minimum absolute atomic E-state index is 0.0843. The first-order valence-corrected chi connectivity index (χ1v) is 42.2. The summed E-state index contributed by atoms with van der Waals surface area (Å²) in [5.74, 6) is 0.137. The number of aliphatic hydroxyl groups is 1. The summed E-state index contributed by atoms with van der Waals surface area (Å²) in [6.45, 7) is 11.8. The van der Waals surface area contributed by atoms with Crippen LogP contribution < -0.4 is 0 Å². The molecule has 17 nitrogen and oxygen atoms in total. The summed E-state index contributed by atoms with van der Waals surface area (Å²) in [4.78, 5) is 72.8. The average Bonchev–Trinajstić information content (AvgIpc) is 1.24. The number of rotatable bonds is 73. The van der Waals surface area contributed by atoms with Crippen LogP contribution in [-0.2, 0) is 65.4 Å². The SMILES string of the molecule is CCCCCC/C=C\C=C/CCCCCCCC(=O)O[C@H](COC(=O)CCCCCCCCCCC(C)CC)COP(=O)(O)OCC(O)COP(=O)(O)OC[C@@H](COC(=O)CCCCCCCCCC(C)C)OC(=O)CCCCCCCCCCCCCCCCCCC(C)C. The van der Waals surface area contributed by atoms with Crippen LogP contribution in [0.2, 0.25) is 0 Å². The Labute approximate surface area is 586 Å². The van der Waals surface area contributed by atoms with Crippen molar-refractivity contribution in [1.29, 1.82) is 0 Å². The Kier molecular flexibility index (Phi) is 65.3. The van der Waals surface area contributed by atoms with E-state index in [-0.39, 0.29) is 25.7 Å². The number of unbranched alkanes of at least 4 members (excludes halogenated alkanes) is 37. The molecule has 0 saturated heterocycles. The predicted octanol–water partition coefficient (Wildman–Crippen LogP) is 22.1. The Balaban J connectivity index is 5.26. The fourth-order valence-corrected chi connectivity index (χ4v) is 12.8. The number of hydrogen-bond acceptors (Lipinski definition) is 15. The number of phosphoric acid groups is 2. The number of carbonyl (C=O) groups is 4. The molecule has 0 fully saturated rings. The van der Waals surface area contributed by atoms with Gasteiger partial charge in [-0.05, 0) is 69.1 Å². The van der Waals surface area contributed by atoms with E-state index in [4.69, 9.17) is 37.0 Å². The molecule has 0 aliphatic carbocycles. The minimum atomic E-state index is -4.97. The molecular weight excluding hydrogens is 1260 g/mol. The molecule has 0 aliphatic rings. The molecule has 6 atom stereocenters. The van der Waals surface area contributed by atoms with E-state index < -0.39 is 97.5 Å². The van der Waals surface area contributed by atoms with Crippen LogP contribution in [0, 0.1) is 17.8 Å². The summed E-state index contributed by atoms with van der Waals surface area (Å²) < 4.78 is 68.5. The first-order valence-electron chi connectivity index (χ1n) is 39.2. The number of hydrogen-bond donors (Lipinski definition) is 3. The number of allylic oxidation sites excluding steroid dienone is 4. The average molecular weight is 1410 g/mol. The minimum Gasteiger partial charge on any atom is -0.462 e. The van der Waals surface area contributed by atoms with Crippen molar-refractivity contribution < 1.29 is 80.2 Å². The first-order chi connectivity index (χ1) is 46.3. The highest BCUT2D eigenvalue weighted by atomic mass is 31.2. The maximum atomic E-state index is 13.1. The van der Waals surface area contributed by atoms with E-state index in [1.165, 1.54) is 161 Å². The monoisotopic (exact) mass is 1410 g/mol. The van der Waals surface area contributed by atoms with E-state index in [0.29, 0.717) is 31.6 Å². The summed E-state index contributed by atoms with van der Waals surface area (Å²) in [7, 11) is -9.93. The second-order valence-corrected chi connectivity index (χ2v) is 31.2. The maximum Gasteiger partial charge on any atom is 0.472 e. The number of ether oxygens (including phenoxy) is 4. The third-order valence-electron chi connectivity index (χ3n) is 17.6. The van der Waals surface area contributed by atoms with Crippen molar-refractivity contribution in [3.63, 3.8) is 0 Å². The highest BCUT2D eigenvalue weighted by Crippen LogP contribution is 2.45. The lowest BCUT2D eigenvalue weighted by molar-refractivity contribution is -0.161. The van der Waals surface area contributed by atoms with Gasteiger partial charge in [0.25, 0.3) is 0 Å². The highest BCUT2D eigenvalue weighted by molar-refractivity contribution is 7.47. The molecule has 0 aromatic carbocycles. The van der Waals surface area contributed by atoms with Gasteiger partial charge in [0, 0.05) is 25.7 Å². The summed E-state index contributed by atoms with van der Waals surface area (Å²) in [6, 6.07) is 0. The molecule has 0 aliphatic heterocycles. The van der Waals surface area contributed by atoms with E-state index in [1.807, 2.05) is 0 Å². The molecule has 0 bridgehead atoms. The van der Waals surface area contributed by atoms with E-state index in [1.54, 1.807) is 0 Å². The Morgan fingerprint density at radius 2 is 0.615 bits per heavy atom. The fraction of sp³-hybridized carbons (Fsp3) is 0.896. The van der Waals surface area contributed by atoms with Crippen molar-refractivity contribution in [2.24, 2.45) is 17.8 Å². The maximum absolute atomic E-state index is 13.1. The molecule has 3 N–H and O–H groups in total. The zero-order chi connectivity index (χ0) is 70.9. The molecule has 19 heteroatoms. The van der Waals surface area contributed by atoms with Crippen molar-refractivity contribution in [1.82, 2.24) is 0 Å². The van der Waals surface area contributed by atoms with Gasteiger partial charge in [-0.2, -0.15) is 0 Å². The zero-order valence-electron chi connectivity index (χ0n) is 62.3. The number of aliphatic hydroxyl groups excluding tert-OH is 1. The number of phosphoric ester groups is 2. The van der Waals surface area contributed by atoms with Crippen LogP contribution in [0.5, 0.6) is 0 Å². The second-order valence-electron chi connectivity index (χ2n) is 28.3. The van der Waals surface area contributed by atoms with Crippen molar-refractivity contribution >= 4 is 39.5 Å². The van der Waals surface area contributed by atoms with Gasteiger partial charge in [-0.1, -0.05) is 317 Å². The van der Waals surface area contributed by atoms with E-state index >= 15 is 0 Å². The lowest BCUT2D eigenvalue weighted by Gasteiger charge is -2.21. The van der Waals surface area contributed by atoms with Crippen LogP contribution in [0.25, 0.3) is 0 Å². The summed E-state index contributed by atoms with van der Waals surface area (Å²) >= 11 is 0. The van der Waals surface area contributed by atoms with Gasteiger partial charge >= 0.3 is 39.5 Å². The molecule has 0 aromatic heterocycles. The molecule has 0 aromatic rings. The van der Waals surface area contributed by atoms with Gasteiger partial charge in [0.05, 0.1) is 26.4 Å². The van der Waals surface area contributed by atoms with Crippen molar-refractivity contribution in [3.05, 3.63) is 24.3 Å². The normalized spacial score (nSPS) is 14.5. The lowest BCUT2D eigenvalue weighted by atomic mass is 9.99. The van der Waals surface area contributed by atoms with Crippen molar-refractivity contribution in [2.75, 3.05) is 39.6 Å². The van der Waals surface area contributed by atoms with E-state index in [9.17, 15) is 43.2 Å². The summed E-state index contributed by atoms with van der Waals surface area (Å²) in [6.07, 6.45) is 56.4. The topological polar surface area (TPSA) is 237 Å². The number of esters is 4. The largest absolute Gasteiger partial charge is 0.472 e. The molecule has 0 saturated carbocycles. The van der Waals surface area contributed by atoms with E-state index in [2.05, 4.69) is 72.8 Å². The van der Waals surface area contributed by atoms with Gasteiger partial charge in [-0.15, -0.1) is 0 Å². The first kappa shape index (κ1) is 93.5. The fourth-order valence-electron chi connectivity index (χ4n) is 11.2.